The van der Waals surface area contributed by atoms with Gasteiger partial charge in [0, 0.05) is 24.0 Å². The lowest BCUT2D eigenvalue weighted by Gasteiger charge is -2.20. The first-order chi connectivity index (χ1) is 8.65. The lowest BCUT2D eigenvalue weighted by atomic mass is 10.1. The van der Waals surface area contributed by atoms with Crippen molar-refractivity contribution in [2.45, 2.75) is 12.6 Å². The van der Waals surface area contributed by atoms with E-state index in [-0.39, 0.29) is 6.04 Å². The monoisotopic (exact) mass is 280 g/mol. The van der Waals surface area contributed by atoms with Crippen LogP contribution in [0, 0.1) is 0 Å². The van der Waals surface area contributed by atoms with E-state index < -0.39 is 0 Å². The van der Waals surface area contributed by atoms with Gasteiger partial charge in [-0.1, -0.05) is 41.9 Å². The van der Waals surface area contributed by atoms with Crippen LogP contribution in [0.5, 0.6) is 0 Å². The average molecular weight is 281 g/mol. The molecule has 2 aromatic rings. The molecule has 2 nitrogen and oxygen atoms in total. The zero-order valence-corrected chi connectivity index (χ0v) is 11.9. The fraction of sp³-hybridized carbons (Fsp3) is 0.286. The van der Waals surface area contributed by atoms with E-state index in [1.54, 1.807) is 11.3 Å². The molecule has 1 aromatic heterocycles. The first kappa shape index (κ1) is 13.6. The summed E-state index contributed by atoms with van der Waals surface area (Å²) in [5.74, 6) is 0. The maximum atomic E-state index is 6.19. The fourth-order valence-corrected chi connectivity index (χ4v) is 3.08. The summed E-state index contributed by atoms with van der Waals surface area (Å²) in [6.45, 7) is 1.72. The Kier molecular flexibility index (Phi) is 4.78. The summed E-state index contributed by atoms with van der Waals surface area (Å²) in [5, 5.41) is 0. The Bertz CT molecular complexity index is 484. The van der Waals surface area contributed by atoms with Crippen LogP contribution in [0.25, 0.3) is 0 Å². The molecule has 0 saturated heterocycles. The second kappa shape index (κ2) is 6.34. The summed E-state index contributed by atoms with van der Waals surface area (Å²) in [7, 11) is 2.08. The van der Waals surface area contributed by atoms with E-state index in [0.717, 1.165) is 17.4 Å². The highest BCUT2D eigenvalue weighted by molar-refractivity contribution is 7.16. The van der Waals surface area contributed by atoms with Crippen LogP contribution in [0.2, 0.25) is 4.34 Å². The van der Waals surface area contributed by atoms with Gasteiger partial charge in [-0.3, -0.25) is 4.90 Å². The number of benzene rings is 1. The minimum absolute atomic E-state index is 0.0478. The molecule has 0 bridgehead atoms. The zero-order chi connectivity index (χ0) is 13.0. The number of hydrogen-bond donors (Lipinski definition) is 1. The fourth-order valence-electron chi connectivity index (χ4n) is 1.91. The largest absolute Gasteiger partial charge is 0.323 e. The third-order valence-corrected chi connectivity index (χ3v) is 4.01. The summed E-state index contributed by atoms with van der Waals surface area (Å²) >= 11 is 7.54. The Hall–Kier alpha value is -0.870. The molecule has 2 N–H and O–H groups in total. The molecule has 1 heterocycles. The first-order valence-electron chi connectivity index (χ1n) is 5.88. The van der Waals surface area contributed by atoms with Crippen LogP contribution in [0.3, 0.4) is 0 Å². The highest BCUT2D eigenvalue weighted by atomic mass is 35.5. The molecule has 0 amide bonds. The second-order valence-corrected chi connectivity index (χ2v) is 6.22. The van der Waals surface area contributed by atoms with Gasteiger partial charge in [0.1, 0.15) is 0 Å². The van der Waals surface area contributed by atoms with E-state index in [4.69, 9.17) is 17.3 Å². The number of nitrogens with two attached hydrogens (primary N) is 1. The van der Waals surface area contributed by atoms with Crippen molar-refractivity contribution in [3.63, 3.8) is 0 Å². The summed E-state index contributed by atoms with van der Waals surface area (Å²) in [6.07, 6.45) is 0. The van der Waals surface area contributed by atoms with Gasteiger partial charge in [-0.2, -0.15) is 0 Å². The van der Waals surface area contributed by atoms with E-state index in [1.165, 1.54) is 10.4 Å². The summed E-state index contributed by atoms with van der Waals surface area (Å²) < 4.78 is 0.839. The molecule has 2 rings (SSSR count). The van der Waals surface area contributed by atoms with Gasteiger partial charge in [-0.05, 0) is 24.7 Å². The molecule has 1 unspecified atom stereocenters. The molecule has 1 aromatic carbocycles. The normalized spacial score (nSPS) is 12.9. The number of thiophene rings is 1. The van der Waals surface area contributed by atoms with Gasteiger partial charge in [-0.15, -0.1) is 11.3 Å². The molecule has 18 heavy (non-hydrogen) atoms. The molecule has 0 aliphatic carbocycles. The van der Waals surface area contributed by atoms with E-state index in [0.29, 0.717) is 0 Å². The molecular weight excluding hydrogens is 264 g/mol. The maximum Gasteiger partial charge on any atom is 0.0931 e. The molecule has 0 aliphatic heterocycles. The predicted octanol–water partition coefficient (Wildman–Crippen LogP) is 3.53. The Morgan fingerprint density at radius 3 is 2.56 bits per heavy atom. The SMILES string of the molecule is CN(Cc1ccc(Cl)s1)CC(N)c1ccccc1. The van der Waals surface area contributed by atoms with Crippen LogP contribution in [0.1, 0.15) is 16.5 Å². The maximum absolute atomic E-state index is 6.19. The lowest BCUT2D eigenvalue weighted by molar-refractivity contribution is 0.308. The number of hydrogen-bond acceptors (Lipinski definition) is 3. The minimum Gasteiger partial charge on any atom is -0.323 e. The van der Waals surface area contributed by atoms with Crippen LogP contribution in [0.4, 0.5) is 0 Å². The third-order valence-electron chi connectivity index (χ3n) is 2.79. The molecule has 0 aliphatic rings. The Morgan fingerprint density at radius 2 is 1.94 bits per heavy atom. The standard InChI is InChI=1S/C14H17ClN2S/c1-17(9-12-7-8-14(15)18-12)10-13(16)11-5-3-2-4-6-11/h2-8,13H,9-10,16H2,1H3. The number of nitrogens with zero attached hydrogens (tertiary/aromatic N) is 1. The molecule has 0 radical (unpaired) electrons. The highest BCUT2D eigenvalue weighted by Gasteiger charge is 2.10. The topological polar surface area (TPSA) is 29.3 Å². The van der Waals surface area contributed by atoms with Gasteiger partial charge in [0.05, 0.1) is 4.34 Å². The second-order valence-electron chi connectivity index (χ2n) is 4.42. The number of halogens is 1. The van der Waals surface area contributed by atoms with Crippen molar-refractivity contribution >= 4 is 22.9 Å². The van der Waals surface area contributed by atoms with Gasteiger partial charge >= 0.3 is 0 Å². The molecule has 0 fully saturated rings. The van der Waals surface area contributed by atoms with Crippen molar-refractivity contribution in [1.29, 1.82) is 0 Å². The van der Waals surface area contributed by atoms with Crippen molar-refractivity contribution in [3.05, 3.63) is 57.2 Å². The van der Waals surface area contributed by atoms with Crippen molar-refractivity contribution in [1.82, 2.24) is 4.90 Å². The predicted molar refractivity (Wildman–Crippen MR) is 79.0 cm³/mol. The third kappa shape index (κ3) is 3.82. The highest BCUT2D eigenvalue weighted by Crippen LogP contribution is 2.22. The van der Waals surface area contributed by atoms with Crippen LogP contribution in [0.15, 0.2) is 42.5 Å². The van der Waals surface area contributed by atoms with Gasteiger partial charge in [0.2, 0.25) is 0 Å². The lowest BCUT2D eigenvalue weighted by Crippen LogP contribution is -2.28. The average Bonchev–Trinajstić information content (AvgIpc) is 2.75. The van der Waals surface area contributed by atoms with Crippen LogP contribution >= 0.6 is 22.9 Å². The van der Waals surface area contributed by atoms with Crippen molar-refractivity contribution < 1.29 is 0 Å². The molecule has 0 spiro atoms. The van der Waals surface area contributed by atoms with Gasteiger partial charge in [-0.25, -0.2) is 0 Å². The molecular formula is C14H17ClN2S. The van der Waals surface area contributed by atoms with E-state index in [1.807, 2.05) is 24.3 Å². The quantitative estimate of drug-likeness (QED) is 0.908. The van der Waals surface area contributed by atoms with E-state index in [9.17, 15) is 0 Å². The Balaban J connectivity index is 1.89. The smallest absolute Gasteiger partial charge is 0.0931 e. The van der Waals surface area contributed by atoms with Crippen molar-refractivity contribution in [2.24, 2.45) is 5.73 Å². The summed E-state index contributed by atoms with van der Waals surface area (Å²) in [4.78, 5) is 3.49. The molecule has 96 valence electrons. The molecule has 4 heteroatoms. The minimum atomic E-state index is 0.0478. The van der Waals surface area contributed by atoms with Gasteiger partial charge in [0.15, 0.2) is 0 Å². The number of rotatable bonds is 5. The van der Waals surface area contributed by atoms with Gasteiger partial charge < -0.3 is 5.73 Å². The van der Waals surface area contributed by atoms with Gasteiger partial charge in [0.25, 0.3) is 0 Å². The van der Waals surface area contributed by atoms with E-state index >= 15 is 0 Å². The number of likely N-dealkylation sites (N-methyl/N-ethyl adjacent to an activating group) is 1. The Labute approximate surface area is 117 Å². The van der Waals surface area contributed by atoms with Crippen molar-refractivity contribution in [3.8, 4) is 0 Å². The summed E-state index contributed by atoms with van der Waals surface area (Å²) in [5.41, 5.74) is 7.37. The van der Waals surface area contributed by atoms with Crippen LogP contribution in [-0.4, -0.2) is 18.5 Å². The van der Waals surface area contributed by atoms with Crippen LogP contribution in [-0.2, 0) is 6.54 Å². The van der Waals surface area contributed by atoms with Crippen molar-refractivity contribution in [2.75, 3.05) is 13.6 Å². The molecule has 1 atom stereocenters. The zero-order valence-electron chi connectivity index (χ0n) is 10.3. The van der Waals surface area contributed by atoms with Crippen LogP contribution < -0.4 is 5.73 Å². The molecule has 0 saturated carbocycles. The Morgan fingerprint density at radius 1 is 1.22 bits per heavy atom. The first-order valence-corrected chi connectivity index (χ1v) is 7.08. The van der Waals surface area contributed by atoms with E-state index in [2.05, 4.69) is 30.1 Å². The summed E-state index contributed by atoms with van der Waals surface area (Å²) in [6, 6.07) is 14.2.